The Morgan fingerprint density at radius 1 is 0.895 bits per heavy atom. The van der Waals surface area contributed by atoms with E-state index in [0.29, 0.717) is 47.2 Å². The number of hydrogen-bond donors (Lipinski definition) is 2. The Morgan fingerprint density at radius 3 is 2.23 bits per heavy atom. The minimum absolute atomic E-state index is 0.0877. The average molecular weight is 780 g/mol. The lowest BCUT2D eigenvalue weighted by Gasteiger charge is -2.69. The third kappa shape index (κ3) is 8.29. The number of carbonyl (C=O) groups is 3. The Hall–Kier alpha value is -4.84. The van der Waals surface area contributed by atoms with Gasteiger partial charge in [-0.25, -0.2) is 19.4 Å². The fraction of sp³-hybridized carbons (Fsp3) is 0.556. The van der Waals surface area contributed by atoms with Crippen molar-refractivity contribution >= 4 is 28.8 Å². The van der Waals surface area contributed by atoms with Crippen LogP contribution in [0, 0.1) is 23.2 Å². The molecule has 12 heteroatoms. The molecule has 4 bridgehead atoms. The zero-order chi connectivity index (χ0) is 41.3. The molecule has 57 heavy (non-hydrogen) atoms. The molecule has 4 fully saturated rings. The van der Waals surface area contributed by atoms with Crippen molar-refractivity contribution in [3.05, 3.63) is 65.4 Å². The summed E-state index contributed by atoms with van der Waals surface area (Å²) < 4.78 is 18.5. The molecule has 0 radical (unpaired) electrons. The lowest BCUT2D eigenvalue weighted by molar-refractivity contribution is -0.245. The van der Waals surface area contributed by atoms with Gasteiger partial charge >= 0.3 is 18.0 Å². The van der Waals surface area contributed by atoms with E-state index >= 15 is 0 Å². The average Bonchev–Trinajstić information content (AvgIpc) is 3.42. The fourth-order valence-corrected chi connectivity index (χ4v) is 11.1. The zero-order valence-electron chi connectivity index (χ0n) is 35.1. The molecule has 1 amide bonds. The summed E-state index contributed by atoms with van der Waals surface area (Å²) in [6, 6.07) is 9.22. The highest BCUT2D eigenvalue weighted by atomic mass is 16.6. The molecule has 4 aliphatic carbocycles. The first kappa shape index (κ1) is 40.4. The van der Waals surface area contributed by atoms with Gasteiger partial charge < -0.3 is 24.2 Å². The maximum atomic E-state index is 14.1. The summed E-state index contributed by atoms with van der Waals surface area (Å²) in [4.78, 5) is 49.5. The van der Waals surface area contributed by atoms with Crippen LogP contribution in [0.1, 0.15) is 126 Å². The number of carboxylic acids is 1. The van der Waals surface area contributed by atoms with Gasteiger partial charge in [0.25, 0.3) is 0 Å². The summed E-state index contributed by atoms with van der Waals surface area (Å²) in [7, 11) is 1.75. The Labute approximate surface area is 335 Å². The monoisotopic (exact) mass is 779 g/mol. The number of fused-ring (bicyclic) bond motifs is 1. The Kier molecular flexibility index (Phi) is 9.86. The second kappa shape index (κ2) is 13.9. The molecule has 2 unspecified atom stereocenters. The van der Waals surface area contributed by atoms with E-state index in [-0.39, 0.29) is 39.2 Å². The predicted octanol–water partition coefficient (Wildman–Crippen LogP) is 9.19. The van der Waals surface area contributed by atoms with Crippen molar-refractivity contribution in [1.82, 2.24) is 25.1 Å². The predicted molar refractivity (Wildman–Crippen MR) is 217 cm³/mol. The van der Waals surface area contributed by atoms with Crippen molar-refractivity contribution < 1.29 is 33.7 Å². The number of H-pyrrole nitrogens is 1. The van der Waals surface area contributed by atoms with E-state index in [2.05, 4.69) is 23.9 Å². The summed E-state index contributed by atoms with van der Waals surface area (Å²) in [5.74, 6) is -1.63. The van der Waals surface area contributed by atoms with E-state index in [4.69, 9.17) is 24.3 Å². The van der Waals surface area contributed by atoms with Gasteiger partial charge in [0.1, 0.15) is 11.2 Å². The van der Waals surface area contributed by atoms with Crippen LogP contribution in [0.25, 0.3) is 33.2 Å². The minimum Gasteiger partial charge on any atom is -0.478 e. The van der Waals surface area contributed by atoms with Crippen molar-refractivity contribution in [2.75, 3.05) is 20.2 Å². The molecule has 1 aromatic carbocycles. The molecular weight excluding hydrogens is 723 g/mol. The second-order valence-electron chi connectivity index (χ2n) is 20.0. The number of likely N-dealkylation sites (N-methyl/N-ethyl adjacent to an activating group) is 1. The molecule has 2 atom stereocenters. The number of aromatic carboxylic acids is 1. The first-order valence-corrected chi connectivity index (χ1v) is 20.0. The van der Waals surface area contributed by atoms with E-state index < -0.39 is 23.1 Å². The first-order valence-electron chi connectivity index (χ1n) is 20.0. The molecule has 0 spiro atoms. The van der Waals surface area contributed by atoms with Crippen LogP contribution in [0.3, 0.4) is 0 Å². The van der Waals surface area contributed by atoms with Crippen LogP contribution in [0.15, 0.2) is 42.7 Å². The van der Waals surface area contributed by atoms with Gasteiger partial charge in [0, 0.05) is 53.8 Å². The standard InChI is InChI=1S/C45H57N5O7/c1-27-35(30-13-14-33(47-36(30)38(53)56-40(2,3)4)28-11-12-29-19-46-20-32(37(51)52)31(29)17-28)34(49-48-27)18-44-22-42(8)21-43(9,23-44)25-45(24-42,26-44)55-16-15-50(10)39(54)57-41(5,6)7/h11-14,17,19-20H,15-16,18,21-26H2,1-10H3,(H,48,49)(H,51,52). The summed E-state index contributed by atoms with van der Waals surface area (Å²) >= 11 is 0. The molecule has 4 aliphatic rings. The summed E-state index contributed by atoms with van der Waals surface area (Å²) in [5, 5.41) is 19.2. The quantitative estimate of drug-likeness (QED) is 0.149. The number of hydrogen-bond acceptors (Lipinski definition) is 9. The van der Waals surface area contributed by atoms with Crippen molar-refractivity contribution in [3.63, 3.8) is 0 Å². The van der Waals surface area contributed by atoms with Gasteiger partial charge in [-0.3, -0.25) is 10.1 Å². The number of pyridine rings is 2. The van der Waals surface area contributed by atoms with E-state index in [0.717, 1.165) is 55.5 Å². The van der Waals surface area contributed by atoms with Crippen LogP contribution in [0.4, 0.5) is 4.79 Å². The molecule has 3 heterocycles. The number of amides is 1. The molecule has 3 aromatic heterocycles. The summed E-state index contributed by atoms with van der Waals surface area (Å²) in [5.41, 5.74) is 3.03. The van der Waals surface area contributed by atoms with Crippen LogP contribution in [0.5, 0.6) is 0 Å². The Balaban J connectivity index is 1.22. The van der Waals surface area contributed by atoms with Crippen molar-refractivity contribution in [2.24, 2.45) is 16.2 Å². The number of carboxylic acid groups (broad SMARTS) is 1. The van der Waals surface area contributed by atoms with Gasteiger partial charge in [0.15, 0.2) is 5.69 Å². The van der Waals surface area contributed by atoms with E-state index in [1.54, 1.807) is 24.2 Å². The van der Waals surface area contributed by atoms with Gasteiger partial charge in [0.2, 0.25) is 0 Å². The summed E-state index contributed by atoms with van der Waals surface area (Å²) in [6.07, 6.45) is 9.40. The number of nitrogens with zero attached hydrogens (tertiary/aromatic N) is 4. The number of carbonyl (C=O) groups excluding carboxylic acids is 2. The van der Waals surface area contributed by atoms with Crippen molar-refractivity contribution in [2.45, 2.75) is 124 Å². The number of esters is 1. The van der Waals surface area contributed by atoms with Gasteiger partial charge in [-0.1, -0.05) is 26.0 Å². The molecule has 304 valence electrons. The van der Waals surface area contributed by atoms with Crippen LogP contribution < -0.4 is 0 Å². The number of ether oxygens (including phenoxy) is 3. The minimum atomic E-state index is -1.07. The highest BCUT2D eigenvalue weighted by Gasteiger charge is 2.66. The van der Waals surface area contributed by atoms with Crippen molar-refractivity contribution in [3.8, 4) is 22.4 Å². The third-order valence-electron chi connectivity index (χ3n) is 11.8. The van der Waals surface area contributed by atoms with Gasteiger partial charge in [0.05, 0.1) is 29.2 Å². The number of nitrogens with one attached hydrogen (secondary N) is 1. The Morgan fingerprint density at radius 2 is 1.58 bits per heavy atom. The second-order valence-corrected chi connectivity index (χ2v) is 20.0. The number of benzene rings is 1. The largest absolute Gasteiger partial charge is 0.478 e. The molecule has 8 rings (SSSR count). The SMILES string of the molecule is Cc1[nH]nc(CC23CC4(C)CC(C)(C2)CC(OCCN(C)C(=O)OC(C)(C)C)(C4)C3)c1-c1ccc(-c2ccc3cncc(C(=O)O)c3c2)nc1C(=O)OC(C)(C)C. The normalized spacial score (nSPS) is 25.4. The first-order chi connectivity index (χ1) is 26.5. The zero-order valence-corrected chi connectivity index (χ0v) is 35.1. The number of aromatic nitrogens is 4. The van der Waals surface area contributed by atoms with Crippen LogP contribution >= 0.6 is 0 Å². The van der Waals surface area contributed by atoms with E-state index in [1.165, 1.54) is 6.20 Å². The fourth-order valence-electron chi connectivity index (χ4n) is 11.1. The molecule has 4 saturated carbocycles. The van der Waals surface area contributed by atoms with E-state index in [1.807, 2.05) is 72.7 Å². The number of rotatable bonds is 10. The van der Waals surface area contributed by atoms with Crippen LogP contribution in [0.2, 0.25) is 0 Å². The molecule has 0 saturated heterocycles. The maximum absolute atomic E-state index is 14.1. The van der Waals surface area contributed by atoms with Crippen molar-refractivity contribution in [1.29, 1.82) is 0 Å². The maximum Gasteiger partial charge on any atom is 0.410 e. The van der Waals surface area contributed by atoms with Crippen LogP contribution in [-0.2, 0) is 20.6 Å². The number of aromatic amines is 1. The summed E-state index contributed by atoms with van der Waals surface area (Å²) in [6.45, 7) is 18.7. The smallest absolute Gasteiger partial charge is 0.410 e. The van der Waals surface area contributed by atoms with Crippen LogP contribution in [-0.4, -0.2) is 85.2 Å². The lowest BCUT2D eigenvalue weighted by atomic mass is 9.38. The third-order valence-corrected chi connectivity index (χ3v) is 11.8. The van der Waals surface area contributed by atoms with Gasteiger partial charge in [-0.2, -0.15) is 5.10 Å². The number of aryl methyl sites for hydroxylation is 1. The lowest BCUT2D eigenvalue weighted by Crippen LogP contribution is -2.64. The highest BCUT2D eigenvalue weighted by molar-refractivity contribution is 6.04. The highest BCUT2D eigenvalue weighted by Crippen LogP contribution is 2.72. The molecule has 2 N–H and O–H groups in total. The molecule has 12 nitrogen and oxygen atoms in total. The molecule has 0 aliphatic heterocycles. The van der Waals surface area contributed by atoms with Gasteiger partial charge in [-0.15, -0.1) is 0 Å². The Bertz CT molecular complexity index is 2230. The topological polar surface area (TPSA) is 157 Å². The van der Waals surface area contributed by atoms with Gasteiger partial charge in [-0.05, 0) is 133 Å². The molecular formula is C45H57N5O7. The van der Waals surface area contributed by atoms with E-state index in [9.17, 15) is 19.5 Å². The molecule has 4 aromatic rings.